The van der Waals surface area contributed by atoms with Gasteiger partial charge in [-0.2, -0.15) is 0 Å². The molecule has 1 fully saturated rings. The Bertz CT molecular complexity index is 393. The molecule has 0 radical (unpaired) electrons. The number of methoxy groups -OCH3 is 1. The highest BCUT2D eigenvalue weighted by molar-refractivity contribution is 8.02. The number of anilines is 1. The van der Waals surface area contributed by atoms with Gasteiger partial charge in [0.25, 0.3) is 0 Å². The molecule has 1 atom stereocenters. The van der Waals surface area contributed by atoms with Crippen LogP contribution in [0.3, 0.4) is 0 Å². The minimum absolute atomic E-state index is 0.328. The van der Waals surface area contributed by atoms with Gasteiger partial charge < -0.3 is 14.1 Å². The van der Waals surface area contributed by atoms with Gasteiger partial charge in [-0.05, 0) is 49.1 Å². The van der Waals surface area contributed by atoms with E-state index in [1.165, 1.54) is 11.9 Å². The van der Waals surface area contributed by atoms with Crippen molar-refractivity contribution in [3.63, 3.8) is 0 Å². The van der Waals surface area contributed by atoms with E-state index in [0.29, 0.717) is 0 Å². The van der Waals surface area contributed by atoms with Crippen LogP contribution in [0.25, 0.3) is 0 Å². The summed E-state index contributed by atoms with van der Waals surface area (Å²) in [7, 11) is 1.63. The molecule has 1 heterocycles. The van der Waals surface area contributed by atoms with Crippen molar-refractivity contribution in [1.82, 2.24) is 0 Å². The summed E-state index contributed by atoms with van der Waals surface area (Å²) in [4.78, 5) is 11.0. The summed E-state index contributed by atoms with van der Waals surface area (Å²) in [6.45, 7) is 0.890. The standard InChI is InChI=1S/C12H15NO3S/c1-16-10-6-4-9(5-7-10)13-8-2-3-11(17-13)12(14)15/h4-7,11H,2-3,8H2,1H3,(H,14,15). The molecule has 1 N–H and O–H groups in total. The number of aliphatic carboxylic acids is 1. The SMILES string of the molecule is COc1ccc(N2CCCC(C(=O)O)S2)cc1. The van der Waals surface area contributed by atoms with Gasteiger partial charge in [0.05, 0.1) is 7.11 Å². The highest BCUT2D eigenvalue weighted by Gasteiger charge is 2.26. The molecule has 0 bridgehead atoms. The Labute approximate surface area is 105 Å². The van der Waals surface area contributed by atoms with E-state index in [-0.39, 0.29) is 5.25 Å². The van der Waals surface area contributed by atoms with Crippen molar-refractivity contribution in [3.05, 3.63) is 24.3 Å². The monoisotopic (exact) mass is 253 g/mol. The summed E-state index contributed by atoms with van der Waals surface area (Å²) < 4.78 is 7.14. The number of carbonyl (C=O) groups is 1. The second-order valence-electron chi connectivity index (χ2n) is 3.87. The van der Waals surface area contributed by atoms with Crippen LogP contribution in [0.1, 0.15) is 12.8 Å². The summed E-state index contributed by atoms with van der Waals surface area (Å²) in [6.07, 6.45) is 1.66. The molecule has 1 aromatic carbocycles. The molecule has 92 valence electrons. The minimum atomic E-state index is -0.729. The zero-order chi connectivity index (χ0) is 12.3. The Morgan fingerprint density at radius 3 is 2.76 bits per heavy atom. The summed E-state index contributed by atoms with van der Waals surface area (Å²) >= 11 is 1.40. The number of carboxylic acids is 1. The van der Waals surface area contributed by atoms with Gasteiger partial charge in [-0.1, -0.05) is 0 Å². The predicted molar refractivity (Wildman–Crippen MR) is 68.6 cm³/mol. The molecule has 0 amide bonds. The highest BCUT2D eigenvalue weighted by Crippen LogP contribution is 2.33. The van der Waals surface area contributed by atoms with Crippen molar-refractivity contribution in [2.45, 2.75) is 18.1 Å². The van der Waals surface area contributed by atoms with Gasteiger partial charge in [0.2, 0.25) is 0 Å². The zero-order valence-corrected chi connectivity index (χ0v) is 10.4. The molecule has 0 aliphatic carbocycles. The lowest BCUT2D eigenvalue weighted by Gasteiger charge is -2.31. The summed E-state index contributed by atoms with van der Waals surface area (Å²) in [6, 6.07) is 7.69. The van der Waals surface area contributed by atoms with Gasteiger partial charge in [0.1, 0.15) is 11.0 Å². The summed E-state index contributed by atoms with van der Waals surface area (Å²) in [5, 5.41) is 8.69. The molecule has 1 saturated heterocycles. The third-order valence-electron chi connectivity index (χ3n) is 2.72. The van der Waals surface area contributed by atoms with Crippen LogP contribution in [0, 0.1) is 0 Å². The fourth-order valence-corrected chi connectivity index (χ4v) is 2.93. The molecule has 1 aliphatic rings. The first kappa shape index (κ1) is 12.1. The first-order chi connectivity index (χ1) is 8.20. The molecular weight excluding hydrogens is 238 g/mol. The van der Waals surface area contributed by atoms with E-state index >= 15 is 0 Å². The van der Waals surface area contributed by atoms with Gasteiger partial charge in [-0.25, -0.2) is 0 Å². The third kappa shape index (κ3) is 2.85. The Balaban J connectivity index is 2.08. The van der Waals surface area contributed by atoms with Gasteiger partial charge in [-0.3, -0.25) is 4.79 Å². The van der Waals surface area contributed by atoms with Crippen molar-refractivity contribution in [2.24, 2.45) is 0 Å². The number of ether oxygens (including phenoxy) is 1. The van der Waals surface area contributed by atoms with E-state index in [2.05, 4.69) is 0 Å². The number of rotatable bonds is 3. The fraction of sp³-hybridized carbons (Fsp3) is 0.417. The number of hydrogen-bond donors (Lipinski definition) is 1. The van der Waals surface area contributed by atoms with Crippen LogP contribution in [-0.2, 0) is 4.79 Å². The molecule has 1 aliphatic heterocycles. The number of nitrogens with zero attached hydrogens (tertiary/aromatic N) is 1. The molecule has 5 heteroatoms. The average molecular weight is 253 g/mol. The second-order valence-corrected chi connectivity index (χ2v) is 5.10. The van der Waals surface area contributed by atoms with Crippen LogP contribution in [0.15, 0.2) is 24.3 Å². The van der Waals surface area contributed by atoms with E-state index in [0.717, 1.165) is 30.8 Å². The molecule has 0 aromatic heterocycles. The number of benzene rings is 1. The van der Waals surface area contributed by atoms with E-state index in [1.807, 2.05) is 28.6 Å². The maximum Gasteiger partial charge on any atom is 0.318 e. The lowest BCUT2D eigenvalue weighted by molar-refractivity contribution is -0.136. The molecule has 17 heavy (non-hydrogen) atoms. The van der Waals surface area contributed by atoms with Gasteiger partial charge in [-0.15, -0.1) is 0 Å². The lowest BCUT2D eigenvalue weighted by atomic mass is 10.2. The molecule has 0 spiro atoms. The van der Waals surface area contributed by atoms with E-state index in [9.17, 15) is 4.79 Å². The first-order valence-corrected chi connectivity index (χ1v) is 6.35. The topological polar surface area (TPSA) is 49.8 Å². The fourth-order valence-electron chi connectivity index (χ4n) is 1.79. The van der Waals surface area contributed by atoms with Crippen LogP contribution in [0.4, 0.5) is 5.69 Å². The van der Waals surface area contributed by atoms with Crippen LogP contribution >= 0.6 is 11.9 Å². The van der Waals surface area contributed by atoms with Crippen molar-refractivity contribution < 1.29 is 14.6 Å². The maximum absolute atomic E-state index is 11.0. The Kier molecular flexibility index (Phi) is 3.78. The predicted octanol–water partition coefficient (Wildman–Crippen LogP) is 2.40. The third-order valence-corrected chi connectivity index (χ3v) is 4.06. The molecular formula is C12H15NO3S. The lowest BCUT2D eigenvalue weighted by Crippen LogP contribution is -2.31. The number of carboxylic acid groups (broad SMARTS) is 1. The van der Waals surface area contributed by atoms with Crippen LogP contribution in [0.2, 0.25) is 0 Å². The molecule has 4 nitrogen and oxygen atoms in total. The zero-order valence-electron chi connectivity index (χ0n) is 9.63. The second kappa shape index (κ2) is 5.31. The van der Waals surface area contributed by atoms with E-state index < -0.39 is 5.97 Å². The van der Waals surface area contributed by atoms with Crippen LogP contribution in [0.5, 0.6) is 5.75 Å². The number of hydrogen-bond acceptors (Lipinski definition) is 4. The Hall–Kier alpha value is -1.36. The highest BCUT2D eigenvalue weighted by atomic mass is 32.2. The largest absolute Gasteiger partial charge is 0.497 e. The van der Waals surface area contributed by atoms with Crippen molar-refractivity contribution in [1.29, 1.82) is 0 Å². The van der Waals surface area contributed by atoms with E-state index in [4.69, 9.17) is 9.84 Å². The first-order valence-electron chi connectivity index (χ1n) is 5.52. The van der Waals surface area contributed by atoms with Crippen molar-refractivity contribution >= 4 is 23.6 Å². The van der Waals surface area contributed by atoms with Crippen molar-refractivity contribution in [3.8, 4) is 5.75 Å². The van der Waals surface area contributed by atoms with Crippen LogP contribution in [-0.4, -0.2) is 30.0 Å². The quantitative estimate of drug-likeness (QED) is 0.838. The van der Waals surface area contributed by atoms with Gasteiger partial charge in [0, 0.05) is 12.2 Å². The van der Waals surface area contributed by atoms with Crippen molar-refractivity contribution in [2.75, 3.05) is 18.0 Å². The molecule has 0 saturated carbocycles. The Morgan fingerprint density at radius 2 is 2.18 bits per heavy atom. The summed E-state index contributed by atoms with van der Waals surface area (Å²) in [5.41, 5.74) is 1.03. The van der Waals surface area contributed by atoms with E-state index in [1.54, 1.807) is 7.11 Å². The molecule has 1 unspecified atom stereocenters. The Morgan fingerprint density at radius 1 is 1.47 bits per heavy atom. The molecule has 2 rings (SSSR count). The maximum atomic E-state index is 11.0. The minimum Gasteiger partial charge on any atom is -0.497 e. The van der Waals surface area contributed by atoms with Gasteiger partial charge in [0.15, 0.2) is 0 Å². The average Bonchev–Trinajstić information content (AvgIpc) is 2.39. The smallest absolute Gasteiger partial charge is 0.318 e. The van der Waals surface area contributed by atoms with Gasteiger partial charge >= 0.3 is 5.97 Å². The van der Waals surface area contributed by atoms with Crippen LogP contribution < -0.4 is 9.04 Å². The molecule has 1 aromatic rings. The normalized spacial score (nSPS) is 20.1. The summed E-state index contributed by atoms with van der Waals surface area (Å²) in [5.74, 6) is 0.0822.